The van der Waals surface area contributed by atoms with Crippen LogP contribution in [0.15, 0.2) is 0 Å². The molecule has 1 heterocycles. The highest BCUT2D eigenvalue weighted by molar-refractivity contribution is 5.80. The number of likely N-dealkylation sites (tertiary alicyclic amines) is 1. The summed E-state index contributed by atoms with van der Waals surface area (Å²) < 4.78 is 4.88. The lowest BCUT2D eigenvalue weighted by molar-refractivity contribution is -0.148. The van der Waals surface area contributed by atoms with Crippen LogP contribution < -0.4 is 5.32 Å². The molecule has 0 aromatic carbocycles. The lowest BCUT2D eigenvalue weighted by Crippen LogP contribution is -2.48. The van der Waals surface area contributed by atoms with Gasteiger partial charge in [-0.3, -0.25) is 4.79 Å². The summed E-state index contributed by atoms with van der Waals surface area (Å²) in [5, 5.41) is 3.10. The van der Waals surface area contributed by atoms with Gasteiger partial charge in [-0.05, 0) is 71.1 Å². The summed E-state index contributed by atoms with van der Waals surface area (Å²) in [6.07, 6.45) is 5.71. The fraction of sp³-hybridized carbons (Fsp3) is 0.938. The van der Waals surface area contributed by atoms with Gasteiger partial charge in [0.15, 0.2) is 0 Å². The summed E-state index contributed by atoms with van der Waals surface area (Å²) in [4.78, 5) is 14.3. The normalized spacial score (nSPS) is 22.9. The largest absolute Gasteiger partial charge is 0.468 e. The molecule has 4 heteroatoms. The van der Waals surface area contributed by atoms with Crippen molar-refractivity contribution in [3.63, 3.8) is 0 Å². The molecule has 1 fully saturated rings. The Labute approximate surface area is 124 Å². The number of hydrogen-bond donors (Lipinski definition) is 1. The van der Waals surface area contributed by atoms with Gasteiger partial charge in [-0.15, -0.1) is 0 Å². The fourth-order valence-electron chi connectivity index (χ4n) is 2.91. The van der Waals surface area contributed by atoms with Crippen LogP contribution in [0.25, 0.3) is 0 Å². The third kappa shape index (κ3) is 5.06. The van der Waals surface area contributed by atoms with Gasteiger partial charge in [0.05, 0.1) is 7.11 Å². The molecule has 0 aliphatic carbocycles. The number of likely N-dealkylation sites (N-methyl/N-ethyl adjacent to an activating group) is 1. The minimum absolute atomic E-state index is 0.169. The van der Waals surface area contributed by atoms with Gasteiger partial charge in [0, 0.05) is 0 Å². The zero-order valence-corrected chi connectivity index (χ0v) is 13.9. The van der Waals surface area contributed by atoms with Crippen LogP contribution in [-0.2, 0) is 9.53 Å². The van der Waals surface area contributed by atoms with Gasteiger partial charge in [-0.25, -0.2) is 0 Å². The van der Waals surface area contributed by atoms with Crippen molar-refractivity contribution < 1.29 is 9.53 Å². The molecule has 118 valence electrons. The van der Waals surface area contributed by atoms with E-state index >= 15 is 0 Å². The average molecular weight is 284 g/mol. The monoisotopic (exact) mass is 284 g/mol. The Morgan fingerprint density at radius 3 is 2.65 bits per heavy atom. The van der Waals surface area contributed by atoms with Gasteiger partial charge in [-0.1, -0.05) is 13.8 Å². The molecule has 0 spiro atoms. The van der Waals surface area contributed by atoms with Crippen molar-refractivity contribution in [1.29, 1.82) is 0 Å². The molecule has 1 saturated heterocycles. The topological polar surface area (TPSA) is 41.6 Å². The summed E-state index contributed by atoms with van der Waals surface area (Å²) in [7, 11) is 3.28. The van der Waals surface area contributed by atoms with E-state index in [1.807, 2.05) is 14.0 Å². The van der Waals surface area contributed by atoms with E-state index in [0.29, 0.717) is 5.41 Å². The highest BCUT2D eigenvalue weighted by Gasteiger charge is 2.32. The molecule has 0 aromatic rings. The molecule has 0 amide bonds. The Balaban J connectivity index is 2.38. The molecule has 1 rings (SSSR count). The summed E-state index contributed by atoms with van der Waals surface area (Å²) in [5.41, 5.74) is -0.0693. The maximum absolute atomic E-state index is 11.8. The first-order chi connectivity index (χ1) is 9.33. The van der Waals surface area contributed by atoms with Crippen LogP contribution in [-0.4, -0.2) is 50.2 Å². The van der Waals surface area contributed by atoms with Gasteiger partial charge in [-0.2, -0.15) is 0 Å². The van der Waals surface area contributed by atoms with Crippen LogP contribution in [0.4, 0.5) is 0 Å². The molecule has 0 saturated carbocycles. The van der Waals surface area contributed by atoms with Crippen LogP contribution in [0.1, 0.15) is 52.9 Å². The Morgan fingerprint density at radius 2 is 2.05 bits per heavy atom. The molecule has 4 nitrogen and oxygen atoms in total. The van der Waals surface area contributed by atoms with Crippen molar-refractivity contribution in [3.8, 4) is 0 Å². The molecule has 0 bridgehead atoms. The van der Waals surface area contributed by atoms with E-state index in [1.54, 1.807) is 0 Å². The van der Waals surface area contributed by atoms with Gasteiger partial charge >= 0.3 is 5.97 Å². The number of methoxy groups -OCH3 is 1. The number of hydrogen-bond acceptors (Lipinski definition) is 4. The van der Waals surface area contributed by atoms with Crippen molar-refractivity contribution in [2.45, 2.75) is 58.4 Å². The number of nitrogens with zero attached hydrogens (tertiary/aromatic N) is 1. The lowest BCUT2D eigenvalue weighted by atomic mass is 9.85. The van der Waals surface area contributed by atoms with Crippen molar-refractivity contribution >= 4 is 5.97 Å². The minimum atomic E-state index is -0.556. The maximum atomic E-state index is 11.8. The molecule has 1 unspecified atom stereocenters. The second-order valence-electron chi connectivity index (χ2n) is 7.04. The van der Waals surface area contributed by atoms with Crippen molar-refractivity contribution in [1.82, 2.24) is 10.2 Å². The number of ether oxygens (including phenoxy) is 1. The molecular weight excluding hydrogens is 252 g/mol. The van der Waals surface area contributed by atoms with Crippen molar-refractivity contribution in [2.75, 3.05) is 33.8 Å². The van der Waals surface area contributed by atoms with E-state index < -0.39 is 5.54 Å². The summed E-state index contributed by atoms with van der Waals surface area (Å²) >= 11 is 0. The number of carbonyl (C=O) groups excluding carboxylic acids is 1. The average Bonchev–Trinajstić information content (AvgIpc) is 2.59. The van der Waals surface area contributed by atoms with Crippen LogP contribution in [0.3, 0.4) is 0 Å². The summed E-state index contributed by atoms with van der Waals surface area (Å²) in [5.74, 6) is -0.169. The van der Waals surface area contributed by atoms with Gasteiger partial charge in [0.1, 0.15) is 5.54 Å². The molecule has 0 aromatic heterocycles. The standard InChI is InChI=1S/C16H32N2O2/c1-15(2)8-6-11-18(13-10-15)12-7-9-16(3,17-4)14(19)20-5/h17H,6-13H2,1-5H3. The lowest BCUT2D eigenvalue weighted by Gasteiger charge is -2.28. The first-order valence-corrected chi connectivity index (χ1v) is 7.83. The Morgan fingerprint density at radius 1 is 1.35 bits per heavy atom. The van der Waals surface area contributed by atoms with Crippen molar-refractivity contribution in [2.24, 2.45) is 5.41 Å². The van der Waals surface area contributed by atoms with Gasteiger partial charge in [0.25, 0.3) is 0 Å². The maximum Gasteiger partial charge on any atom is 0.325 e. The highest BCUT2D eigenvalue weighted by Crippen LogP contribution is 2.29. The third-order valence-corrected chi connectivity index (χ3v) is 4.77. The zero-order valence-electron chi connectivity index (χ0n) is 13.9. The molecule has 0 radical (unpaired) electrons. The predicted molar refractivity (Wildman–Crippen MR) is 82.8 cm³/mol. The summed E-state index contributed by atoms with van der Waals surface area (Å²) in [6, 6.07) is 0. The van der Waals surface area contributed by atoms with Gasteiger partial charge < -0.3 is 15.0 Å². The Kier molecular flexibility index (Phi) is 6.46. The molecular formula is C16H32N2O2. The molecule has 1 aliphatic heterocycles. The van der Waals surface area contributed by atoms with E-state index in [2.05, 4.69) is 24.1 Å². The SMILES string of the molecule is CNC(C)(CCCN1CCCC(C)(C)CC1)C(=O)OC. The van der Waals surface area contributed by atoms with Crippen LogP contribution in [0.5, 0.6) is 0 Å². The predicted octanol–water partition coefficient (Wildman–Crippen LogP) is 2.43. The zero-order chi connectivity index (χ0) is 15.2. The molecule has 20 heavy (non-hydrogen) atoms. The third-order valence-electron chi connectivity index (χ3n) is 4.77. The number of esters is 1. The smallest absolute Gasteiger partial charge is 0.325 e. The summed E-state index contributed by atoms with van der Waals surface area (Å²) in [6.45, 7) is 10.1. The fourth-order valence-corrected chi connectivity index (χ4v) is 2.91. The Bertz CT molecular complexity index is 318. The molecule has 1 N–H and O–H groups in total. The van der Waals surface area contributed by atoms with Gasteiger partial charge in [0.2, 0.25) is 0 Å². The first kappa shape index (κ1) is 17.4. The number of rotatable bonds is 6. The highest BCUT2D eigenvalue weighted by atomic mass is 16.5. The Hall–Kier alpha value is -0.610. The van der Waals surface area contributed by atoms with E-state index in [1.165, 1.54) is 39.5 Å². The molecule has 1 aliphatic rings. The second kappa shape index (κ2) is 7.41. The second-order valence-corrected chi connectivity index (χ2v) is 7.04. The number of carbonyl (C=O) groups is 1. The quantitative estimate of drug-likeness (QED) is 0.761. The van der Waals surface area contributed by atoms with E-state index in [4.69, 9.17) is 4.74 Å². The van der Waals surface area contributed by atoms with E-state index in [-0.39, 0.29) is 5.97 Å². The molecule has 1 atom stereocenters. The van der Waals surface area contributed by atoms with Crippen LogP contribution in [0.2, 0.25) is 0 Å². The van der Waals surface area contributed by atoms with Crippen LogP contribution in [0, 0.1) is 5.41 Å². The van der Waals surface area contributed by atoms with Crippen molar-refractivity contribution in [3.05, 3.63) is 0 Å². The number of nitrogens with one attached hydrogen (secondary N) is 1. The first-order valence-electron chi connectivity index (χ1n) is 7.83. The van der Waals surface area contributed by atoms with E-state index in [0.717, 1.165) is 19.4 Å². The van der Waals surface area contributed by atoms with E-state index in [9.17, 15) is 4.79 Å². The minimum Gasteiger partial charge on any atom is -0.468 e. The van der Waals surface area contributed by atoms with Crippen LogP contribution >= 0.6 is 0 Å².